The van der Waals surface area contributed by atoms with E-state index in [0.29, 0.717) is 18.7 Å². The molecule has 0 saturated carbocycles. The van der Waals surface area contributed by atoms with Crippen LogP contribution in [-0.4, -0.2) is 62.5 Å². The Balaban J connectivity index is 2.04. The molecule has 0 radical (unpaired) electrons. The number of nitrogens with zero attached hydrogens (tertiary/aromatic N) is 1. The summed E-state index contributed by atoms with van der Waals surface area (Å²) in [4.78, 5) is 26.9. The molecule has 156 valence electrons. The normalized spacial score (nSPS) is 19.4. The minimum atomic E-state index is -0.757. The van der Waals surface area contributed by atoms with Crippen molar-refractivity contribution in [3.8, 4) is 11.5 Å². The summed E-state index contributed by atoms with van der Waals surface area (Å²) in [5.41, 5.74) is 1.06. The molecule has 0 bridgehead atoms. The largest absolute Gasteiger partial charge is 0.504 e. The van der Waals surface area contributed by atoms with Crippen molar-refractivity contribution in [3.05, 3.63) is 47.3 Å². The van der Waals surface area contributed by atoms with Gasteiger partial charge in [0.2, 0.25) is 0 Å². The number of phenolic OH excluding ortho intramolecular Hbond substituents is 1. The van der Waals surface area contributed by atoms with Crippen LogP contribution in [0.2, 0.25) is 0 Å². The van der Waals surface area contributed by atoms with Crippen molar-refractivity contribution in [1.82, 2.24) is 4.90 Å². The Morgan fingerprint density at radius 1 is 1.14 bits per heavy atom. The van der Waals surface area contributed by atoms with Gasteiger partial charge in [-0.15, -0.1) is 0 Å². The minimum absolute atomic E-state index is 0.0156. The first-order valence-electron chi connectivity index (χ1n) is 9.32. The summed E-state index contributed by atoms with van der Waals surface area (Å²) in [6.45, 7) is 1.20. The van der Waals surface area contributed by atoms with E-state index < -0.39 is 17.9 Å². The zero-order chi connectivity index (χ0) is 21.0. The second-order valence-electron chi connectivity index (χ2n) is 6.85. The molecule has 0 unspecified atom stereocenters. The van der Waals surface area contributed by atoms with E-state index in [0.717, 1.165) is 12.8 Å². The van der Waals surface area contributed by atoms with Crippen molar-refractivity contribution in [3.63, 3.8) is 0 Å². The number of rotatable bonds is 6. The van der Waals surface area contributed by atoms with E-state index in [-0.39, 0.29) is 28.7 Å². The monoisotopic (exact) mass is 403 g/mol. The number of methoxy groups -OCH3 is 3. The van der Waals surface area contributed by atoms with Crippen LogP contribution >= 0.6 is 0 Å². The molecule has 2 aliphatic heterocycles. The average Bonchev–Trinajstić information content (AvgIpc) is 3.24. The van der Waals surface area contributed by atoms with Gasteiger partial charge in [-0.25, -0.2) is 9.59 Å². The highest BCUT2D eigenvalue weighted by atomic mass is 16.5. The van der Waals surface area contributed by atoms with Gasteiger partial charge in [-0.05, 0) is 30.5 Å². The van der Waals surface area contributed by atoms with Gasteiger partial charge in [-0.3, -0.25) is 0 Å². The molecule has 1 fully saturated rings. The Hall–Kier alpha value is -3.00. The van der Waals surface area contributed by atoms with Crippen molar-refractivity contribution in [2.45, 2.75) is 24.9 Å². The minimum Gasteiger partial charge on any atom is -0.504 e. The van der Waals surface area contributed by atoms with Crippen LogP contribution in [0.3, 0.4) is 0 Å². The first kappa shape index (κ1) is 20.7. The lowest BCUT2D eigenvalue weighted by Crippen LogP contribution is -2.32. The van der Waals surface area contributed by atoms with Crippen LogP contribution in [0, 0.1) is 0 Å². The highest BCUT2D eigenvalue weighted by Crippen LogP contribution is 2.40. The zero-order valence-corrected chi connectivity index (χ0v) is 16.7. The van der Waals surface area contributed by atoms with Crippen molar-refractivity contribution < 1.29 is 33.6 Å². The number of hydrogen-bond acceptors (Lipinski definition) is 8. The Morgan fingerprint density at radius 3 is 2.28 bits per heavy atom. The van der Waals surface area contributed by atoms with Crippen LogP contribution in [0.1, 0.15) is 24.3 Å². The number of carbonyl (C=O) groups excluding carboxylic acids is 2. The summed E-state index contributed by atoms with van der Waals surface area (Å²) in [5.74, 6) is -1.71. The SMILES string of the molecule is COC(=O)C1=CN(C[C@@H]2CCCO2)C=C(C(=O)OC)C1c1ccc(OC)c(O)c1. The fourth-order valence-corrected chi connectivity index (χ4v) is 3.66. The highest BCUT2D eigenvalue weighted by Gasteiger charge is 2.36. The number of ether oxygens (including phenoxy) is 4. The van der Waals surface area contributed by atoms with Gasteiger partial charge in [0.15, 0.2) is 11.5 Å². The molecule has 1 aromatic carbocycles. The lowest BCUT2D eigenvalue weighted by molar-refractivity contribution is -0.137. The number of benzene rings is 1. The van der Waals surface area contributed by atoms with Crippen LogP contribution in [0.15, 0.2) is 41.7 Å². The molecule has 29 heavy (non-hydrogen) atoms. The first-order chi connectivity index (χ1) is 14.0. The van der Waals surface area contributed by atoms with E-state index in [2.05, 4.69) is 0 Å². The summed E-state index contributed by atoms with van der Waals surface area (Å²) >= 11 is 0. The Bertz CT molecular complexity index is 805. The average molecular weight is 403 g/mol. The molecule has 8 heteroatoms. The maximum atomic E-state index is 12.6. The van der Waals surface area contributed by atoms with E-state index in [4.69, 9.17) is 18.9 Å². The number of hydrogen-bond donors (Lipinski definition) is 1. The number of aromatic hydroxyl groups is 1. The fourth-order valence-electron chi connectivity index (χ4n) is 3.66. The van der Waals surface area contributed by atoms with E-state index in [1.807, 2.05) is 0 Å². The van der Waals surface area contributed by atoms with Crippen molar-refractivity contribution in [1.29, 1.82) is 0 Å². The molecular formula is C21H25NO7. The molecule has 1 aromatic rings. The molecule has 1 atom stereocenters. The second kappa shape index (κ2) is 9.00. The Labute approximate surface area is 169 Å². The standard InChI is InChI=1S/C21H25NO7/c1-26-18-7-6-13(9-17(18)23)19-15(20(24)27-2)11-22(10-14-5-4-8-29-14)12-16(19)21(25)28-3/h6-7,9,11-12,14,19,23H,4-5,8,10H2,1-3H3/t14-/m0/s1. The molecule has 0 aliphatic carbocycles. The third kappa shape index (κ3) is 4.37. The van der Waals surface area contributed by atoms with Gasteiger partial charge in [0.25, 0.3) is 0 Å². The summed E-state index contributed by atoms with van der Waals surface area (Å²) in [6, 6.07) is 4.73. The third-order valence-corrected chi connectivity index (χ3v) is 5.05. The van der Waals surface area contributed by atoms with Crippen molar-refractivity contribution >= 4 is 11.9 Å². The summed E-state index contributed by atoms with van der Waals surface area (Å²) in [5, 5.41) is 10.2. The van der Waals surface area contributed by atoms with Gasteiger partial charge < -0.3 is 29.0 Å². The predicted molar refractivity (Wildman–Crippen MR) is 103 cm³/mol. The molecule has 0 spiro atoms. The van der Waals surface area contributed by atoms with Crippen LogP contribution in [-0.2, 0) is 23.8 Å². The molecule has 0 amide bonds. The van der Waals surface area contributed by atoms with Crippen molar-refractivity contribution in [2.75, 3.05) is 34.5 Å². The number of phenols is 1. The first-order valence-corrected chi connectivity index (χ1v) is 9.32. The number of carbonyl (C=O) groups is 2. The van der Waals surface area contributed by atoms with Gasteiger partial charge in [0.05, 0.1) is 44.5 Å². The molecule has 8 nitrogen and oxygen atoms in total. The summed E-state index contributed by atoms with van der Waals surface area (Å²) < 4.78 is 20.7. The smallest absolute Gasteiger partial charge is 0.336 e. The van der Waals surface area contributed by atoms with Gasteiger partial charge in [-0.1, -0.05) is 6.07 Å². The van der Waals surface area contributed by atoms with E-state index >= 15 is 0 Å². The summed E-state index contributed by atoms with van der Waals surface area (Å²) in [7, 11) is 4.01. The molecule has 2 aliphatic rings. The van der Waals surface area contributed by atoms with Crippen molar-refractivity contribution in [2.24, 2.45) is 0 Å². The number of esters is 2. The second-order valence-corrected chi connectivity index (χ2v) is 6.85. The molecular weight excluding hydrogens is 378 g/mol. The Morgan fingerprint density at radius 2 is 1.79 bits per heavy atom. The maximum absolute atomic E-state index is 12.6. The van der Waals surface area contributed by atoms with E-state index in [1.54, 1.807) is 29.4 Å². The Kier molecular flexibility index (Phi) is 6.43. The molecule has 0 aromatic heterocycles. The van der Waals surface area contributed by atoms with Crippen LogP contribution < -0.4 is 4.74 Å². The quantitative estimate of drug-likeness (QED) is 0.722. The molecule has 2 heterocycles. The van der Waals surface area contributed by atoms with Gasteiger partial charge in [-0.2, -0.15) is 0 Å². The lowest BCUT2D eigenvalue weighted by atomic mass is 9.83. The molecule has 3 rings (SSSR count). The van der Waals surface area contributed by atoms with Crippen LogP contribution in [0.5, 0.6) is 11.5 Å². The topological polar surface area (TPSA) is 94.5 Å². The van der Waals surface area contributed by atoms with Gasteiger partial charge in [0, 0.05) is 25.6 Å². The summed E-state index contributed by atoms with van der Waals surface area (Å²) in [6.07, 6.45) is 5.22. The van der Waals surface area contributed by atoms with Gasteiger partial charge in [0.1, 0.15) is 0 Å². The lowest BCUT2D eigenvalue weighted by Gasteiger charge is -2.31. The molecule has 1 saturated heterocycles. The molecule has 1 N–H and O–H groups in total. The zero-order valence-electron chi connectivity index (χ0n) is 16.7. The predicted octanol–water partition coefficient (Wildman–Crippen LogP) is 2.09. The highest BCUT2D eigenvalue weighted by molar-refractivity contribution is 5.98. The van der Waals surface area contributed by atoms with E-state index in [9.17, 15) is 14.7 Å². The van der Waals surface area contributed by atoms with Crippen LogP contribution in [0.4, 0.5) is 0 Å². The van der Waals surface area contributed by atoms with Gasteiger partial charge >= 0.3 is 11.9 Å². The third-order valence-electron chi connectivity index (χ3n) is 5.05. The van der Waals surface area contributed by atoms with Crippen LogP contribution in [0.25, 0.3) is 0 Å². The van der Waals surface area contributed by atoms with E-state index in [1.165, 1.54) is 27.4 Å². The fraction of sp³-hybridized carbons (Fsp3) is 0.429. The maximum Gasteiger partial charge on any atom is 0.336 e.